The first-order valence-electron chi connectivity index (χ1n) is 5.76. The number of hydrogen-bond acceptors (Lipinski definition) is 3. The van der Waals surface area contributed by atoms with Crippen molar-refractivity contribution in [1.29, 1.82) is 0 Å². The van der Waals surface area contributed by atoms with Gasteiger partial charge in [-0.15, -0.1) is 0 Å². The number of aliphatic hydroxyl groups excluding tert-OH is 1. The molecule has 1 aromatic rings. The van der Waals surface area contributed by atoms with Crippen molar-refractivity contribution in [1.82, 2.24) is 5.32 Å². The number of aromatic hydroxyl groups is 1. The molecule has 1 rings (SSSR count). The number of amides is 1. The highest BCUT2D eigenvalue weighted by Gasteiger charge is 2.10. The van der Waals surface area contributed by atoms with Crippen LogP contribution in [-0.4, -0.2) is 28.8 Å². The number of aliphatic hydroxyl groups is 1. The van der Waals surface area contributed by atoms with Gasteiger partial charge in [0.15, 0.2) is 0 Å². The molecule has 0 bridgehead atoms. The summed E-state index contributed by atoms with van der Waals surface area (Å²) in [5, 5.41) is 21.3. The lowest BCUT2D eigenvalue weighted by Crippen LogP contribution is -2.25. The molecule has 0 saturated carbocycles. The molecule has 0 aliphatic carbocycles. The van der Waals surface area contributed by atoms with Gasteiger partial charge in [0.2, 0.25) is 0 Å². The number of benzene rings is 1. The molecule has 94 valence electrons. The molecule has 17 heavy (non-hydrogen) atoms. The maximum absolute atomic E-state index is 11.7. The van der Waals surface area contributed by atoms with Crippen LogP contribution in [0.4, 0.5) is 0 Å². The van der Waals surface area contributed by atoms with Gasteiger partial charge in [-0.25, -0.2) is 0 Å². The summed E-state index contributed by atoms with van der Waals surface area (Å²) in [6.07, 6.45) is 1.02. The summed E-state index contributed by atoms with van der Waals surface area (Å²) in [6.45, 7) is 4.08. The SMILES string of the molecule is Cc1ccc(O)c(C(=O)NCCCC(C)O)c1. The molecule has 0 aliphatic heterocycles. The van der Waals surface area contributed by atoms with E-state index in [-0.39, 0.29) is 17.8 Å². The van der Waals surface area contributed by atoms with Crippen LogP contribution in [0.5, 0.6) is 5.75 Å². The monoisotopic (exact) mass is 237 g/mol. The minimum absolute atomic E-state index is 0.0105. The van der Waals surface area contributed by atoms with Gasteiger partial charge in [0.05, 0.1) is 11.7 Å². The average Bonchev–Trinajstić information content (AvgIpc) is 2.27. The van der Waals surface area contributed by atoms with Crippen LogP contribution in [0.1, 0.15) is 35.7 Å². The van der Waals surface area contributed by atoms with E-state index in [4.69, 9.17) is 5.11 Å². The largest absolute Gasteiger partial charge is 0.507 e. The molecule has 0 spiro atoms. The molecule has 1 unspecified atom stereocenters. The number of rotatable bonds is 5. The minimum Gasteiger partial charge on any atom is -0.507 e. The van der Waals surface area contributed by atoms with Crippen molar-refractivity contribution in [3.8, 4) is 5.75 Å². The molecule has 3 N–H and O–H groups in total. The van der Waals surface area contributed by atoms with Crippen LogP contribution in [0.2, 0.25) is 0 Å². The molecule has 0 heterocycles. The summed E-state index contributed by atoms with van der Waals surface area (Å²) in [5.74, 6) is -0.291. The molecule has 1 aromatic carbocycles. The fraction of sp³-hybridized carbons (Fsp3) is 0.462. The number of aryl methyl sites for hydroxylation is 1. The Hall–Kier alpha value is -1.55. The van der Waals surface area contributed by atoms with Crippen molar-refractivity contribution < 1.29 is 15.0 Å². The first-order chi connectivity index (χ1) is 8.00. The predicted molar refractivity (Wildman–Crippen MR) is 66.1 cm³/mol. The maximum atomic E-state index is 11.7. The highest BCUT2D eigenvalue weighted by atomic mass is 16.3. The van der Waals surface area contributed by atoms with Crippen LogP contribution in [0.3, 0.4) is 0 Å². The molecular weight excluding hydrogens is 218 g/mol. The van der Waals surface area contributed by atoms with Crippen LogP contribution in [-0.2, 0) is 0 Å². The third-order valence-corrected chi connectivity index (χ3v) is 2.48. The molecule has 4 nitrogen and oxygen atoms in total. The van der Waals surface area contributed by atoms with Gasteiger partial charge in [0.1, 0.15) is 5.75 Å². The second-order valence-corrected chi connectivity index (χ2v) is 4.27. The van der Waals surface area contributed by atoms with Gasteiger partial charge in [0.25, 0.3) is 5.91 Å². The number of hydrogen-bond donors (Lipinski definition) is 3. The van der Waals surface area contributed by atoms with E-state index in [1.807, 2.05) is 6.92 Å². The molecule has 1 amide bonds. The molecule has 1 atom stereocenters. The number of nitrogens with one attached hydrogen (secondary N) is 1. The standard InChI is InChI=1S/C13H19NO3/c1-9-5-6-12(16)11(8-9)13(17)14-7-3-4-10(2)15/h5-6,8,10,15-16H,3-4,7H2,1-2H3,(H,14,17). The van der Waals surface area contributed by atoms with Crippen molar-refractivity contribution >= 4 is 5.91 Å². The molecular formula is C13H19NO3. The number of phenolic OH excluding ortho intramolecular Hbond substituents is 1. The normalized spacial score (nSPS) is 12.2. The van der Waals surface area contributed by atoms with Gasteiger partial charge in [-0.3, -0.25) is 4.79 Å². The van der Waals surface area contributed by atoms with Crippen molar-refractivity contribution in [3.63, 3.8) is 0 Å². The van der Waals surface area contributed by atoms with E-state index in [1.54, 1.807) is 19.1 Å². The van der Waals surface area contributed by atoms with Crippen LogP contribution in [0.25, 0.3) is 0 Å². The maximum Gasteiger partial charge on any atom is 0.255 e. The smallest absolute Gasteiger partial charge is 0.255 e. The summed E-state index contributed by atoms with van der Waals surface area (Å²) >= 11 is 0. The van der Waals surface area contributed by atoms with E-state index >= 15 is 0 Å². The van der Waals surface area contributed by atoms with Crippen LogP contribution < -0.4 is 5.32 Å². The summed E-state index contributed by atoms with van der Waals surface area (Å²) < 4.78 is 0. The second-order valence-electron chi connectivity index (χ2n) is 4.27. The van der Waals surface area contributed by atoms with E-state index in [2.05, 4.69) is 5.32 Å². The molecule has 0 radical (unpaired) electrons. The zero-order valence-electron chi connectivity index (χ0n) is 10.2. The Balaban J connectivity index is 2.49. The van der Waals surface area contributed by atoms with Crippen LogP contribution in [0, 0.1) is 6.92 Å². The third-order valence-electron chi connectivity index (χ3n) is 2.48. The number of carbonyl (C=O) groups is 1. The van der Waals surface area contributed by atoms with E-state index in [9.17, 15) is 9.90 Å². The average molecular weight is 237 g/mol. The summed E-state index contributed by atoms with van der Waals surface area (Å²) in [7, 11) is 0. The van der Waals surface area contributed by atoms with Gasteiger partial charge in [-0.2, -0.15) is 0 Å². The Labute approximate surface area is 101 Å². The zero-order chi connectivity index (χ0) is 12.8. The van der Waals surface area contributed by atoms with E-state index in [1.165, 1.54) is 6.07 Å². The summed E-state index contributed by atoms with van der Waals surface area (Å²) in [6, 6.07) is 4.92. The zero-order valence-corrected chi connectivity index (χ0v) is 10.2. The topological polar surface area (TPSA) is 69.6 Å². The van der Waals surface area contributed by atoms with Gasteiger partial charge in [-0.1, -0.05) is 11.6 Å². The van der Waals surface area contributed by atoms with Crippen molar-refractivity contribution in [3.05, 3.63) is 29.3 Å². The summed E-state index contributed by atoms with van der Waals surface area (Å²) in [4.78, 5) is 11.7. The van der Waals surface area contributed by atoms with Gasteiger partial charge in [0, 0.05) is 6.54 Å². The molecule has 0 saturated heterocycles. The van der Waals surface area contributed by atoms with Crippen molar-refractivity contribution in [2.45, 2.75) is 32.8 Å². The Morgan fingerprint density at radius 2 is 2.18 bits per heavy atom. The lowest BCUT2D eigenvalue weighted by atomic mass is 10.1. The highest BCUT2D eigenvalue weighted by Crippen LogP contribution is 2.17. The van der Waals surface area contributed by atoms with Gasteiger partial charge >= 0.3 is 0 Å². The Morgan fingerprint density at radius 3 is 2.82 bits per heavy atom. The fourth-order valence-corrected chi connectivity index (χ4v) is 1.53. The van der Waals surface area contributed by atoms with Gasteiger partial charge < -0.3 is 15.5 Å². The second kappa shape index (κ2) is 6.25. The Bertz CT molecular complexity index is 388. The quantitative estimate of drug-likeness (QED) is 0.681. The summed E-state index contributed by atoms with van der Waals surface area (Å²) in [5.41, 5.74) is 1.22. The number of phenols is 1. The highest BCUT2D eigenvalue weighted by molar-refractivity contribution is 5.96. The third kappa shape index (κ3) is 4.44. The molecule has 0 aliphatic rings. The number of carbonyl (C=O) groups excluding carboxylic acids is 1. The minimum atomic E-state index is -0.348. The van der Waals surface area contributed by atoms with Crippen LogP contribution in [0.15, 0.2) is 18.2 Å². The van der Waals surface area contributed by atoms with Crippen molar-refractivity contribution in [2.24, 2.45) is 0 Å². The van der Waals surface area contributed by atoms with E-state index in [0.29, 0.717) is 18.5 Å². The Kier molecular flexibility index (Phi) is 4.97. The molecule has 0 aromatic heterocycles. The lowest BCUT2D eigenvalue weighted by molar-refractivity contribution is 0.0947. The lowest BCUT2D eigenvalue weighted by Gasteiger charge is -2.08. The molecule has 4 heteroatoms. The van der Waals surface area contributed by atoms with Crippen molar-refractivity contribution in [2.75, 3.05) is 6.54 Å². The first kappa shape index (κ1) is 13.5. The van der Waals surface area contributed by atoms with Gasteiger partial charge in [-0.05, 0) is 38.8 Å². The van der Waals surface area contributed by atoms with Crippen LogP contribution >= 0.6 is 0 Å². The van der Waals surface area contributed by atoms with E-state index < -0.39 is 0 Å². The van der Waals surface area contributed by atoms with E-state index in [0.717, 1.165) is 12.0 Å². The first-order valence-corrected chi connectivity index (χ1v) is 5.76. The predicted octanol–water partition coefficient (Wildman–Crippen LogP) is 1.59. The fourth-order valence-electron chi connectivity index (χ4n) is 1.53. The Morgan fingerprint density at radius 1 is 1.47 bits per heavy atom. The molecule has 0 fully saturated rings.